The molecule has 0 aliphatic heterocycles. The summed E-state index contributed by atoms with van der Waals surface area (Å²) in [6.45, 7) is 6.03. The molecular formula is C13H19ClO4. The summed E-state index contributed by atoms with van der Waals surface area (Å²) in [6.07, 6.45) is 3.24. The summed E-state index contributed by atoms with van der Waals surface area (Å²) in [6, 6.07) is 0. The Labute approximate surface area is 112 Å². The predicted octanol–water partition coefficient (Wildman–Crippen LogP) is 2.81. The van der Waals surface area contributed by atoms with Crippen LogP contribution >= 0.6 is 11.6 Å². The third-order valence-electron chi connectivity index (χ3n) is 3.43. The number of halogens is 1. The molecule has 1 aliphatic rings. The maximum absolute atomic E-state index is 11.5. The van der Waals surface area contributed by atoms with Crippen LogP contribution in [0.15, 0.2) is 11.1 Å². The van der Waals surface area contributed by atoms with Gasteiger partial charge in [-0.3, -0.25) is 4.79 Å². The zero-order valence-electron chi connectivity index (χ0n) is 10.9. The largest absolute Gasteiger partial charge is 0.481 e. The smallest absolute Gasteiger partial charge is 0.349 e. The van der Waals surface area contributed by atoms with Gasteiger partial charge < -0.3 is 9.84 Å². The fourth-order valence-corrected chi connectivity index (χ4v) is 2.25. The topological polar surface area (TPSA) is 63.6 Å². The molecule has 0 bridgehead atoms. The lowest BCUT2D eigenvalue weighted by Crippen LogP contribution is -2.06. The summed E-state index contributed by atoms with van der Waals surface area (Å²) in [5.74, 6) is -2.11. The molecule has 1 aliphatic carbocycles. The van der Waals surface area contributed by atoms with E-state index in [2.05, 4.69) is 0 Å². The summed E-state index contributed by atoms with van der Waals surface area (Å²) < 4.78 is 4.95. The molecule has 2 atom stereocenters. The van der Waals surface area contributed by atoms with Crippen molar-refractivity contribution in [1.82, 2.24) is 0 Å². The van der Waals surface area contributed by atoms with Gasteiger partial charge in [0.05, 0.1) is 12.5 Å². The van der Waals surface area contributed by atoms with Crippen molar-refractivity contribution in [2.75, 3.05) is 6.61 Å². The average molecular weight is 275 g/mol. The number of esters is 1. The number of rotatable bonds is 6. The average Bonchev–Trinajstić information content (AvgIpc) is 2.80. The maximum atomic E-state index is 11.5. The van der Waals surface area contributed by atoms with Crippen molar-refractivity contribution < 1.29 is 19.4 Å². The highest BCUT2D eigenvalue weighted by atomic mass is 35.5. The Kier molecular flexibility index (Phi) is 4.79. The number of carbonyl (C=O) groups excluding carboxylic acids is 1. The van der Waals surface area contributed by atoms with Gasteiger partial charge in [-0.05, 0) is 17.8 Å². The van der Waals surface area contributed by atoms with Gasteiger partial charge in [-0.2, -0.15) is 0 Å². The van der Waals surface area contributed by atoms with Crippen LogP contribution in [-0.2, 0) is 14.3 Å². The van der Waals surface area contributed by atoms with E-state index in [1.165, 1.54) is 6.08 Å². The summed E-state index contributed by atoms with van der Waals surface area (Å²) in [4.78, 5) is 22.5. The Bertz CT molecular complexity index is 373. The standard InChI is InChI=1S/C13H19ClO4/c1-4-5-6-18-12(17)9(14)7-8-10(11(15)16)13(8,2)3/h7-8,10H,4-6H2,1-3H3,(H,15,16). The molecule has 0 aromatic rings. The van der Waals surface area contributed by atoms with E-state index in [9.17, 15) is 9.59 Å². The van der Waals surface area contributed by atoms with Crippen molar-refractivity contribution in [3.8, 4) is 0 Å². The van der Waals surface area contributed by atoms with Crippen LogP contribution in [0.5, 0.6) is 0 Å². The lowest BCUT2D eigenvalue weighted by Gasteiger charge is -2.02. The normalized spacial score (nSPS) is 25.7. The second-order valence-corrected chi connectivity index (χ2v) is 5.57. The summed E-state index contributed by atoms with van der Waals surface area (Å²) in [5, 5.41) is 8.98. The van der Waals surface area contributed by atoms with Gasteiger partial charge >= 0.3 is 11.9 Å². The van der Waals surface area contributed by atoms with Gasteiger partial charge in [0.15, 0.2) is 0 Å². The molecule has 0 aromatic carbocycles. The molecule has 0 radical (unpaired) electrons. The lowest BCUT2D eigenvalue weighted by atomic mass is 10.1. The number of hydrogen-bond donors (Lipinski definition) is 1. The fraction of sp³-hybridized carbons (Fsp3) is 0.692. The molecule has 1 fully saturated rings. The molecule has 18 heavy (non-hydrogen) atoms. The van der Waals surface area contributed by atoms with Crippen LogP contribution in [0.2, 0.25) is 0 Å². The van der Waals surface area contributed by atoms with Crippen molar-refractivity contribution in [3.05, 3.63) is 11.1 Å². The summed E-state index contributed by atoms with van der Waals surface area (Å²) in [5.41, 5.74) is -0.352. The molecule has 0 spiro atoms. The number of unbranched alkanes of at least 4 members (excludes halogenated alkanes) is 1. The van der Waals surface area contributed by atoms with Crippen molar-refractivity contribution >= 4 is 23.5 Å². The third kappa shape index (κ3) is 3.25. The minimum atomic E-state index is -0.856. The van der Waals surface area contributed by atoms with Gasteiger partial charge in [-0.1, -0.05) is 44.9 Å². The van der Waals surface area contributed by atoms with E-state index in [-0.39, 0.29) is 16.4 Å². The van der Waals surface area contributed by atoms with Gasteiger partial charge in [0.25, 0.3) is 0 Å². The monoisotopic (exact) mass is 274 g/mol. The zero-order valence-corrected chi connectivity index (χ0v) is 11.7. The molecule has 2 unspecified atom stereocenters. The van der Waals surface area contributed by atoms with E-state index in [1.54, 1.807) is 0 Å². The Morgan fingerprint density at radius 1 is 1.44 bits per heavy atom. The van der Waals surface area contributed by atoms with E-state index < -0.39 is 17.9 Å². The quantitative estimate of drug-likeness (QED) is 0.460. The van der Waals surface area contributed by atoms with Gasteiger partial charge in [-0.25, -0.2) is 4.79 Å². The van der Waals surface area contributed by atoms with Crippen LogP contribution < -0.4 is 0 Å². The lowest BCUT2D eigenvalue weighted by molar-refractivity contribution is -0.140. The molecule has 0 saturated heterocycles. The number of aliphatic carboxylic acids is 1. The fourth-order valence-electron chi connectivity index (χ4n) is 2.06. The molecule has 0 amide bonds. The van der Waals surface area contributed by atoms with Crippen molar-refractivity contribution in [2.45, 2.75) is 33.6 Å². The highest BCUT2D eigenvalue weighted by Crippen LogP contribution is 2.59. The molecule has 1 saturated carbocycles. The highest BCUT2D eigenvalue weighted by Gasteiger charge is 2.61. The van der Waals surface area contributed by atoms with E-state index in [1.807, 2.05) is 20.8 Å². The first-order chi connectivity index (χ1) is 8.32. The zero-order chi connectivity index (χ0) is 13.9. The molecular weight excluding hydrogens is 256 g/mol. The predicted molar refractivity (Wildman–Crippen MR) is 68.2 cm³/mol. The van der Waals surface area contributed by atoms with E-state index >= 15 is 0 Å². The molecule has 1 N–H and O–H groups in total. The second kappa shape index (κ2) is 5.74. The Hall–Kier alpha value is -1.03. The molecule has 102 valence electrons. The van der Waals surface area contributed by atoms with Crippen LogP contribution in [0.3, 0.4) is 0 Å². The van der Waals surface area contributed by atoms with E-state index in [4.69, 9.17) is 21.4 Å². The number of carboxylic acids is 1. The van der Waals surface area contributed by atoms with Gasteiger partial charge in [-0.15, -0.1) is 0 Å². The molecule has 4 nitrogen and oxygen atoms in total. The van der Waals surface area contributed by atoms with Crippen molar-refractivity contribution in [3.63, 3.8) is 0 Å². The van der Waals surface area contributed by atoms with Gasteiger partial charge in [0.2, 0.25) is 0 Å². The SMILES string of the molecule is CCCCOC(=O)C(Cl)=CC1C(C(=O)O)C1(C)C. The Morgan fingerprint density at radius 3 is 2.50 bits per heavy atom. The summed E-state index contributed by atoms with van der Waals surface area (Å²) >= 11 is 5.84. The van der Waals surface area contributed by atoms with Gasteiger partial charge in [0, 0.05) is 0 Å². The minimum Gasteiger partial charge on any atom is -0.481 e. The highest BCUT2D eigenvalue weighted by molar-refractivity contribution is 6.41. The van der Waals surface area contributed by atoms with Crippen LogP contribution in [0, 0.1) is 17.3 Å². The second-order valence-electron chi connectivity index (χ2n) is 5.17. The number of carbonyl (C=O) groups is 2. The first-order valence-corrected chi connectivity index (χ1v) is 6.47. The van der Waals surface area contributed by atoms with Crippen molar-refractivity contribution in [1.29, 1.82) is 0 Å². The van der Waals surface area contributed by atoms with Crippen LogP contribution in [0.25, 0.3) is 0 Å². The summed E-state index contributed by atoms with van der Waals surface area (Å²) in [7, 11) is 0. The minimum absolute atomic E-state index is 0.0204. The van der Waals surface area contributed by atoms with Crippen LogP contribution in [-0.4, -0.2) is 23.7 Å². The first-order valence-electron chi connectivity index (χ1n) is 6.09. The van der Waals surface area contributed by atoms with Crippen molar-refractivity contribution in [2.24, 2.45) is 17.3 Å². The maximum Gasteiger partial charge on any atom is 0.349 e. The number of carboxylic acid groups (broad SMARTS) is 1. The molecule has 0 aromatic heterocycles. The molecule has 5 heteroatoms. The Balaban J connectivity index is 2.57. The van der Waals surface area contributed by atoms with E-state index in [0.717, 1.165) is 12.8 Å². The van der Waals surface area contributed by atoms with E-state index in [0.29, 0.717) is 6.61 Å². The van der Waals surface area contributed by atoms with Crippen LogP contribution in [0.1, 0.15) is 33.6 Å². The first kappa shape index (κ1) is 15.0. The number of ether oxygens (including phenoxy) is 1. The third-order valence-corrected chi connectivity index (χ3v) is 3.71. The molecule has 0 heterocycles. The number of allylic oxidation sites excluding steroid dienone is 1. The molecule has 1 rings (SSSR count). The number of hydrogen-bond acceptors (Lipinski definition) is 3. The van der Waals surface area contributed by atoms with Gasteiger partial charge in [0.1, 0.15) is 5.03 Å². The van der Waals surface area contributed by atoms with Crippen LogP contribution in [0.4, 0.5) is 0 Å². The Morgan fingerprint density at radius 2 is 2.06 bits per heavy atom.